The van der Waals surface area contributed by atoms with Gasteiger partial charge in [-0.2, -0.15) is 0 Å². The van der Waals surface area contributed by atoms with Gasteiger partial charge in [0.05, 0.1) is 0 Å². The molecule has 2 aromatic rings. The van der Waals surface area contributed by atoms with Crippen molar-refractivity contribution in [2.45, 2.75) is 6.92 Å². The number of hydrogen-bond acceptors (Lipinski definition) is 1. The van der Waals surface area contributed by atoms with Crippen LogP contribution >= 0.6 is 11.6 Å². The zero-order valence-electron chi connectivity index (χ0n) is 10.4. The summed E-state index contributed by atoms with van der Waals surface area (Å²) in [6, 6.07) is 15.2. The summed E-state index contributed by atoms with van der Waals surface area (Å²) in [5.41, 5.74) is 3.05. The Labute approximate surface area is 117 Å². The summed E-state index contributed by atoms with van der Waals surface area (Å²) in [5, 5.41) is 9.56. The van der Waals surface area contributed by atoms with Gasteiger partial charge in [0, 0.05) is 16.2 Å². The van der Waals surface area contributed by atoms with Crippen LogP contribution in [0.4, 0.5) is 0 Å². The molecule has 0 heterocycles. The number of carbonyl (C=O) groups is 1. The lowest BCUT2D eigenvalue weighted by Crippen LogP contribution is -1.95. The molecule has 2 aromatic carbocycles. The van der Waals surface area contributed by atoms with Gasteiger partial charge in [0.1, 0.15) is 0 Å². The highest BCUT2D eigenvalue weighted by Crippen LogP contribution is 2.28. The number of aliphatic carboxylic acids is 1. The molecule has 0 spiro atoms. The van der Waals surface area contributed by atoms with Crippen LogP contribution < -0.4 is 0 Å². The number of benzene rings is 2. The summed E-state index contributed by atoms with van der Waals surface area (Å²) in [7, 11) is 0. The van der Waals surface area contributed by atoms with Crippen molar-refractivity contribution in [2.75, 3.05) is 0 Å². The summed E-state index contributed by atoms with van der Waals surface area (Å²) in [5.74, 6) is -0.914. The normalized spacial score (nSPS) is 11.4. The van der Waals surface area contributed by atoms with Crippen LogP contribution in [0.5, 0.6) is 0 Å². The first kappa shape index (κ1) is 13.4. The molecule has 3 heteroatoms. The molecule has 0 saturated heterocycles. The molecule has 0 aliphatic carbocycles. The first-order chi connectivity index (χ1) is 9.08. The molecule has 0 bridgehead atoms. The third kappa shape index (κ3) is 3.24. The highest BCUT2D eigenvalue weighted by molar-refractivity contribution is 6.33. The van der Waals surface area contributed by atoms with Gasteiger partial charge in [-0.3, -0.25) is 0 Å². The minimum Gasteiger partial charge on any atom is -0.478 e. The molecular weight excluding hydrogens is 260 g/mol. The predicted octanol–water partition coefficient (Wildman–Crippen LogP) is 4.49. The average molecular weight is 273 g/mol. The molecule has 0 aliphatic rings. The Kier molecular flexibility index (Phi) is 4.03. The number of halogens is 1. The Bertz CT molecular complexity index is 645. The predicted molar refractivity (Wildman–Crippen MR) is 78.2 cm³/mol. The van der Waals surface area contributed by atoms with Gasteiger partial charge < -0.3 is 5.11 Å². The Morgan fingerprint density at radius 1 is 1.16 bits per heavy atom. The van der Waals surface area contributed by atoms with Gasteiger partial charge in [-0.15, -0.1) is 0 Å². The second-order valence-corrected chi connectivity index (χ2v) is 4.65. The third-order valence-electron chi connectivity index (χ3n) is 2.79. The van der Waals surface area contributed by atoms with E-state index in [1.54, 1.807) is 13.0 Å². The van der Waals surface area contributed by atoms with Crippen molar-refractivity contribution in [2.24, 2.45) is 0 Å². The van der Waals surface area contributed by atoms with E-state index in [-0.39, 0.29) is 0 Å². The minimum absolute atomic E-state index is 0.302. The summed E-state index contributed by atoms with van der Waals surface area (Å²) in [6.45, 7) is 1.57. The van der Waals surface area contributed by atoms with Crippen molar-refractivity contribution in [3.63, 3.8) is 0 Å². The zero-order chi connectivity index (χ0) is 13.8. The van der Waals surface area contributed by atoms with Crippen LogP contribution in [-0.4, -0.2) is 11.1 Å². The van der Waals surface area contributed by atoms with E-state index in [9.17, 15) is 4.79 Å². The van der Waals surface area contributed by atoms with Gasteiger partial charge in [0.2, 0.25) is 0 Å². The summed E-state index contributed by atoms with van der Waals surface area (Å²) in [6.07, 6.45) is 1.64. The molecule has 0 atom stereocenters. The molecule has 0 fully saturated rings. The maximum atomic E-state index is 10.8. The van der Waals surface area contributed by atoms with E-state index in [0.717, 1.165) is 16.7 Å². The maximum Gasteiger partial charge on any atom is 0.331 e. The smallest absolute Gasteiger partial charge is 0.331 e. The molecule has 0 saturated carbocycles. The Morgan fingerprint density at radius 3 is 2.58 bits per heavy atom. The third-order valence-corrected chi connectivity index (χ3v) is 3.12. The second kappa shape index (κ2) is 5.72. The molecule has 96 valence electrons. The van der Waals surface area contributed by atoms with Crippen molar-refractivity contribution in [1.29, 1.82) is 0 Å². The standard InChI is InChI=1S/C16H13ClO2/c1-11(16(18)19)9-12-5-4-6-13(10-12)14-7-2-3-8-15(14)17/h2-10H,1H3,(H,18,19)/b11-9+. The largest absolute Gasteiger partial charge is 0.478 e. The highest BCUT2D eigenvalue weighted by Gasteiger charge is 2.04. The Morgan fingerprint density at radius 2 is 1.89 bits per heavy atom. The van der Waals surface area contributed by atoms with Gasteiger partial charge in [0.25, 0.3) is 0 Å². The van der Waals surface area contributed by atoms with Crippen molar-refractivity contribution < 1.29 is 9.90 Å². The van der Waals surface area contributed by atoms with Crippen LogP contribution in [0.2, 0.25) is 5.02 Å². The van der Waals surface area contributed by atoms with Crippen molar-refractivity contribution >= 4 is 23.6 Å². The highest BCUT2D eigenvalue weighted by atomic mass is 35.5. The minimum atomic E-state index is -0.914. The number of carboxylic acids is 1. The van der Waals surface area contributed by atoms with Gasteiger partial charge >= 0.3 is 5.97 Å². The van der Waals surface area contributed by atoms with Crippen LogP contribution in [0.1, 0.15) is 12.5 Å². The zero-order valence-corrected chi connectivity index (χ0v) is 11.2. The average Bonchev–Trinajstić information content (AvgIpc) is 2.39. The van der Waals surface area contributed by atoms with E-state index in [0.29, 0.717) is 10.6 Å². The maximum absolute atomic E-state index is 10.8. The topological polar surface area (TPSA) is 37.3 Å². The molecule has 19 heavy (non-hydrogen) atoms. The lowest BCUT2D eigenvalue weighted by molar-refractivity contribution is -0.132. The molecule has 1 N–H and O–H groups in total. The van der Waals surface area contributed by atoms with Gasteiger partial charge in [-0.25, -0.2) is 4.79 Å². The lowest BCUT2D eigenvalue weighted by Gasteiger charge is -2.05. The quantitative estimate of drug-likeness (QED) is 0.836. The fourth-order valence-corrected chi connectivity index (χ4v) is 2.05. The van der Waals surface area contributed by atoms with E-state index in [2.05, 4.69) is 0 Å². The SMILES string of the molecule is C/C(=C\c1cccc(-c2ccccc2Cl)c1)C(=O)O. The lowest BCUT2D eigenvalue weighted by atomic mass is 10.0. The van der Waals surface area contributed by atoms with Crippen LogP contribution in [0, 0.1) is 0 Å². The number of rotatable bonds is 3. The molecule has 0 radical (unpaired) electrons. The fourth-order valence-electron chi connectivity index (χ4n) is 1.80. The second-order valence-electron chi connectivity index (χ2n) is 4.24. The first-order valence-electron chi connectivity index (χ1n) is 5.84. The van der Waals surface area contributed by atoms with Crippen molar-refractivity contribution in [3.05, 3.63) is 64.7 Å². The van der Waals surface area contributed by atoms with Gasteiger partial charge in [-0.1, -0.05) is 48.0 Å². The Balaban J connectivity index is 2.43. The van der Waals surface area contributed by atoms with Crippen LogP contribution in [-0.2, 0) is 4.79 Å². The van der Waals surface area contributed by atoms with Crippen molar-refractivity contribution in [3.8, 4) is 11.1 Å². The van der Waals surface area contributed by atoms with E-state index < -0.39 is 5.97 Å². The molecule has 0 aliphatic heterocycles. The summed E-state index contributed by atoms with van der Waals surface area (Å²) < 4.78 is 0. The van der Waals surface area contributed by atoms with E-state index >= 15 is 0 Å². The van der Waals surface area contributed by atoms with Crippen molar-refractivity contribution in [1.82, 2.24) is 0 Å². The molecule has 0 aromatic heterocycles. The van der Waals surface area contributed by atoms with Crippen LogP contribution in [0.15, 0.2) is 54.1 Å². The fraction of sp³-hybridized carbons (Fsp3) is 0.0625. The summed E-state index contributed by atoms with van der Waals surface area (Å²) >= 11 is 6.16. The molecular formula is C16H13ClO2. The molecule has 2 rings (SSSR count). The number of carboxylic acid groups (broad SMARTS) is 1. The molecule has 0 amide bonds. The van der Waals surface area contributed by atoms with E-state index in [1.807, 2.05) is 48.5 Å². The summed E-state index contributed by atoms with van der Waals surface area (Å²) in [4.78, 5) is 10.8. The number of hydrogen-bond donors (Lipinski definition) is 1. The van der Waals surface area contributed by atoms with Gasteiger partial charge in [-0.05, 0) is 36.3 Å². The molecule has 2 nitrogen and oxygen atoms in total. The van der Waals surface area contributed by atoms with E-state index in [4.69, 9.17) is 16.7 Å². The molecule has 0 unspecified atom stereocenters. The van der Waals surface area contributed by atoms with Crippen LogP contribution in [0.3, 0.4) is 0 Å². The Hall–Kier alpha value is -2.06. The first-order valence-corrected chi connectivity index (χ1v) is 6.22. The van der Waals surface area contributed by atoms with Crippen LogP contribution in [0.25, 0.3) is 17.2 Å². The van der Waals surface area contributed by atoms with Gasteiger partial charge in [0.15, 0.2) is 0 Å². The monoisotopic (exact) mass is 272 g/mol. The van der Waals surface area contributed by atoms with E-state index in [1.165, 1.54) is 0 Å².